The summed E-state index contributed by atoms with van der Waals surface area (Å²) in [6, 6.07) is 8.45. The smallest absolute Gasteiger partial charge is 0.213 e. The Kier molecular flexibility index (Phi) is 4.57. The van der Waals surface area contributed by atoms with Crippen LogP contribution in [0.5, 0.6) is 5.88 Å². The van der Waals surface area contributed by atoms with Crippen molar-refractivity contribution < 1.29 is 9.13 Å². The highest BCUT2D eigenvalue weighted by atomic mass is 35.5. The molecular formula is C19H19ClFN3OS. The quantitative estimate of drug-likeness (QED) is 0.570. The predicted molar refractivity (Wildman–Crippen MR) is 104 cm³/mol. The minimum absolute atomic E-state index is 0.0272. The van der Waals surface area contributed by atoms with E-state index in [0.717, 1.165) is 35.9 Å². The lowest BCUT2D eigenvalue weighted by Crippen LogP contribution is -2.30. The summed E-state index contributed by atoms with van der Waals surface area (Å²) in [4.78, 5) is 11.2. The number of hydrogen-bond donors (Lipinski definition) is 0. The van der Waals surface area contributed by atoms with Gasteiger partial charge in [0.1, 0.15) is 5.82 Å². The van der Waals surface area contributed by atoms with Crippen LogP contribution in [0.25, 0.3) is 0 Å². The molecule has 1 aliphatic heterocycles. The van der Waals surface area contributed by atoms with Crippen molar-refractivity contribution in [1.82, 2.24) is 9.88 Å². The topological polar surface area (TPSA) is 37.7 Å². The molecule has 0 amide bonds. The van der Waals surface area contributed by atoms with E-state index < -0.39 is 0 Å². The molecule has 0 radical (unpaired) electrons. The van der Waals surface area contributed by atoms with Gasteiger partial charge in [-0.25, -0.2) is 14.4 Å². The van der Waals surface area contributed by atoms with Crippen molar-refractivity contribution in [2.24, 2.45) is 10.9 Å². The van der Waals surface area contributed by atoms with E-state index in [0.29, 0.717) is 16.8 Å². The molecule has 1 saturated heterocycles. The van der Waals surface area contributed by atoms with Crippen LogP contribution < -0.4 is 4.74 Å². The summed E-state index contributed by atoms with van der Waals surface area (Å²) < 4.78 is 18.5. The van der Waals surface area contributed by atoms with Gasteiger partial charge < -0.3 is 9.64 Å². The monoisotopic (exact) mass is 391 g/mol. The molecular weight excluding hydrogens is 373 g/mol. The molecule has 0 N–H and O–H groups in total. The van der Waals surface area contributed by atoms with E-state index in [2.05, 4.69) is 9.88 Å². The van der Waals surface area contributed by atoms with E-state index in [1.165, 1.54) is 12.1 Å². The van der Waals surface area contributed by atoms with E-state index in [4.69, 9.17) is 21.3 Å². The van der Waals surface area contributed by atoms with Gasteiger partial charge in [-0.15, -0.1) is 0 Å². The summed E-state index contributed by atoms with van der Waals surface area (Å²) in [6.07, 6.45) is 4.83. The predicted octanol–water partition coefficient (Wildman–Crippen LogP) is 4.51. The van der Waals surface area contributed by atoms with E-state index in [1.54, 1.807) is 31.1 Å². The number of methoxy groups -OCH3 is 1. The van der Waals surface area contributed by atoms with Crippen LogP contribution >= 0.6 is 23.4 Å². The third-order valence-corrected chi connectivity index (χ3v) is 6.25. The van der Waals surface area contributed by atoms with E-state index in [1.807, 2.05) is 18.4 Å². The maximum absolute atomic E-state index is 13.4. The average Bonchev–Trinajstić information content (AvgIpc) is 3.20. The minimum Gasteiger partial charge on any atom is -0.481 e. The number of pyridine rings is 1. The molecule has 136 valence electrons. The molecule has 0 spiro atoms. The molecule has 1 aliphatic carbocycles. The van der Waals surface area contributed by atoms with Gasteiger partial charge in [-0.1, -0.05) is 29.4 Å². The van der Waals surface area contributed by atoms with Crippen LogP contribution in [0.1, 0.15) is 12.0 Å². The second-order valence-electron chi connectivity index (χ2n) is 6.72. The van der Waals surface area contributed by atoms with Crippen molar-refractivity contribution in [3.8, 4) is 5.88 Å². The fourth-order valence-electron chi connectivity index (χ4n) is 3.85. The van der Waals surface area contributed by atoms with Gasteiger partial charge in [0.05, 0.1) is 19.0 Å². The molecule has 0 bridgehead atoms. The Morgan fingerprint density at radius 2 is 2.27 bits per heavy atom. The van der Waals surface area contributed by atoms with Gasteiger partial charge in [0.2, 0.25) is 5.88 Å². The summed E-state index contributed by atoms with van der Waals surface area (Å²) in [6.45, 7) is 1.79. The SMILES string of the molecule is COc1ccc(/N=C(/SC)N2C[C@H]3C[C@@]3(c3ccc(F)cc3Cl)C2)cn1. The Morgan fingerprint density at radius 1 is 1.42 bits per heavy atom. The summed E-state index contributed by atoms with van der Waals surface area (Å²) in [7, 11) is 1.59. The molecule has 2 fully saturated rings. The zero-order valence-corrected chi connectivity index (χ0v) is 16.1. The second kappa shape index (κ2) is 6.74. The zero-order valence-electron chi connectivity index (χ0n) is 14.6. The number of rotatable bonds is 3. The number of fused-ring (bicyclic) bond motifs is 1. The van der Waals surface area contributed by atoms with Crippen LogP contribution in [0.4, 0.5) is 10.1 Å². The van der Waals surface area contributed by atoms with Gasteiger partial charge in [0.15, 0.2) is 5.17 Å². The Morgan fingerprint density at radius 3 is 2.92 bits per heavy atom. The molecule has 26 heavy (non-hydrogen) atoms. The number of hydrogen-bond acceptors (Lipinski definition) is 4. The van der Waals surface area contributed by atoms with Crippen molar-refractivity contribution in [2.45, 2.75) is 11.8 Å². The molecule has 2 heterocycles. The molecule has 4 nitrogen and oxygen atoms in total. The lowest BCUT2D eigenvalue weighted by atomic mass is 9.95. The molecule has 1 aromatic carbocycles. The third-order valence-electron chi connectivity index (χ3n) is 5.22. The number of amidine groups is 1. The molecule has 2 aromatic rings. The van der Waals surface area contributed by atoms with Crippen LogP contribution in [0.3, 0.4) is 0 Å². The fraction of sp³-hybridized carbons (Fsp3) is 0.368. The van der Waals surface area contributed by atoms with Crippen LogP contribution in [0.2, 0.25) is 5.02 Å². The Bertz CT molecular complexity index is 860. The van der Waals surface area contributed by atoms with Gasteiger partial charge in [0, 0.05) is 29.6 Å². The first-order valence-electron chi connectivity index (χ1n) is 8.39. The lowest BCUT2D eigenvalue weighted by molar-refractivity contribution is 0.398. The maximum Gasteiger partial charge on any atom is 0.213 e. The van der Waals surface area contributed by atoms with E-state index >= 15 is 0 Å². The first kappa shape index (κ1) is 17.6. The highest BCUT2D eigenvalue weighted by Gasteiger charge is 2.61. The first-order chi connectivity index (χ1) is 12.6. The Balaban J connectivity index is 1.56. The van der Waals surface area contributed by atoms with Crippen LogP contribution in [-0.2, 0) is 5.41 Å². The Hall–Kier alpha value is -1.79. The highest BCUT2D eigenvalue weighted by Crippen LogP contribution is 2.60. The van der Waals surface area contributed by atoms with Crippen molar-refractivity contribution in [2.75, 3.05) is 26.5 Å². The number of benzene rings is 1. The number of ether oxygens (including phenoxy) is 1. The highest BCUT2D eigenvalue weighted by molar-refractivity contribution is 8.13. The van der Waals surface area contributed by atoms with Gasteiger partial charge in [-0.05, 0) is 42.4 Å². The Labute approximate surface area is 161 Å². The van der Waals surface area contributed by atoms with Crippen molar-refractivity contribution in [3.63, 3.8) is 0 Å². The summed E-state index contributed by atoms with van der Waals surface area (Å²) in [5, 5.41) is 1.48. The van der Waals surface area contributed by atoms with Crippen LogP contribution in [0, 0.1) is 11.7 Å². The number of nitrogens with zero attached hydrogens (tertiary/aromatic N) is 3. The number of aliphatic imine (C=N–C) groups is 1. The molecule has 0 unspecified atom stereocenters. The average molecular weight is 392 g/mol. The number of thioether (sulfide) groups is 1. The number of likely N-dealkylation sites (tertiary alicyclic amines) is 1. The summed E-state index contributed by atoms with van der Waals surface area (Å²) in [5.74, 6) is 0.819. The molecule has 7 heteroatoms. The zero-order chi connectivity index (χ0) is 18.3. The number of aromatic nitrogens is 1. The van der Waals surface area contributed by atoms with Crippen molar-refractivity contribution in [1.29, 1.82) is 0 Å². The van der Waals surface area contributed by atoms with Crippen molar-refractivity contribution >= 4 is 34.2 Å². The van der Waals surface area contributed by atoms with E-state index in [9.17, 15) is 4.39 Å². The molecule has 1 saturated carbocycles. The van der Waals surface area contributed by atoms with Gasteiger partial charge in [-0.2, -0.15) is 0 Å². The maximum atomic E-state index is 13.4. The number of halogens is 2. The first-order valence-corrected chi connectivity index (χ1v) is 9.99. The van der Waals surface area contributed by atoms with Gasteiger partial charge >= 0.3 is 0 Å². The summed E-state index contributed by atoms with van der Waals surface area (Å²) in [5.41, 5.74) is 1.88. The standard InChI is InChI=1S/C19H19ClFN3OS/c1-25-17-6-4-14(9-22-17)23-18(26-2)24-10-12-8-19(12,11-24)15-5-3-13(21)7-16(15)20/h3-7,9,12H,8,10-11H2,1-2H3/b23-18+/t12-,19-/m1/s1. The fourth-order valence-corrected chi connectivity index (χ4v) is 4.80. The third kappa shape index (κ3) is 3.05. The number of piperidine rings is 1. The van der Waals surface area contributed by atoms with Crippen molar-refractivity contribution in [3.05, 3.63) is 52.9 Å². The van der Waals surface area contributed by atoms with E-state index in [-0.39, 0.29) is 11.2 Å². The van der Waals surface area contributed by atoms with Crippen LogP contribution in [-0.4, -0.2) is 41.5 Å². The second-order valence-corrected chi connectivity index (χ2v) is 7.90. The molecule has 2 atom stereocenters. The molecule has 1 aromatic heterocycles. The van der Waals surface area contributed by atoms with Gasteiger partial charge in [-0.3, -0.25) is 0 Å². The van der Waals surface area contributed by atoms with Gasteiger partial charge in [0.25, 0.3) is 0 Å². The normalized spacial score (nSPS) is 24.5. The molecule has 2 aliphatic rings. The lowest BCUT2D eigenvalue weighted by Gasteiger charge is -2.24. The minimum atomic E-state index is -0.291. The molecule has 4 rings (SSSR count). The van der Waals surface area contributed by atoms with Crippen LogP contribution in [0.15, 0.2) is 41.5 Å². The summed E-state index contributed by atoms with van der Waals surface area (Å²) >= 11 is 7.95. The largest absolute Gasteiger partial charge is 0.481 e.